The summed E-state index contributed by atoms with van der Waals surface area (Å²) in [6.45, 7) is 0. The Bertz CT molecular complexity index is 2640. The first-order chi connectivity index (χ1) is 31.9. The van der Waals surface area contributed by atoms with Crippen molar-refractivity contribution in [3.05, 3.63) is 253 Å². The van der Waals surface area contributed by atoms with Crippen molar-refractivity contribution in [3.63, 3.8) is 0 Å². The van der Waals surface area contributed by atoms with Gasteiger partial charge >= 0.3 is 23.9 Å². The first-order valence-corrected chi connectivity index (χ1v) is 24.3. The van der Waals surface area contributed by atoms with Crippen molar-refractivity contribution in [3.8, 4) is 23.0 Å². The molecule has 12 heteroatoms. The average Bonchev–Trinajstić information content (AvgIpc) is 3.33. The predicted octanol–water partition coefficient (Wildman–Crippen LogP) is 14.0. The fourth-order valence-corrected chi connectivity index (χ4v) is 8.12. The average molecular weight is 1320 g/mol. The number of hydrogen-bond donors (Lipinski definition) is 0. The number of esters is 4. The van der Waals surface area contributed by atoms with E-state index in [0.717, 1.165) is 47.7 Å². The maximum Gasteiger partial charge on any atom is 0.343 e. The van der Waals surface area contributed by atoms with Crippen LogP contribution in [-0.2, 0) is 0 Å². The number of rotatable bonds is 12. The summed E-state index contributed by atoms with van der Waals surface area (Å²) < 4.78 is 27.1. The molecule has 0 saturated heterocycles. The van der Waals surface area contributed by atoms with E-state index in [1.807, 2.05) is 97.1 Å². The Labute approximate surface area is 434 Å². The lowest BCUT2D eigenvalue weighted by atomic mass is 9.85. The van der Waals surface area contributed by atoms with Gasteiger partial charge < -0.3 is 18.9 Å². The fourth-order valence-electron chi connectivity index (χ4n) is 6.68. The molecule has 0 aliphatic carbocycles. The van der Waals surface area contributed by atoms with Gasteiger partial charge in [0.1, 0.15) is 23.0 Å². The highest BCUT2D eigenvalue weighted by Crippen LogP contribution is 2.39. The molecule has 8 nitrogen and oxygen atoms in total. The smallest absolute Gasteiger partial charge is 0.343 e. The van der Waals surface area contributed by atoms with E-state index in [-0.39, 0.29) is 0 Å². The molecule has 8 rings (SSSR count). The van der Waals surface area contributed by atoms with Crippen LogP contribution in [0.2, 0.25) is 0 Å². The van der Waals surface area contributed by atoms with Crippen molar-refractivity contribution in [2.24, 2.45) is 0 Å². The maximum absolute atomic E-state index is 13.1. The van der Waals surface area contributed by atoms with Crippen LogP contribution < -0.4 is 18.9 Å². The molecule has 0 unspecified atom stereocenters. The van der Waals surface area contributed by atoms with E-state index in [4.69, 9.17) is 18.9 Å². The lowest BCUT2D eigenvalue weighted by Gasteiger charge is -2.19. The molecule has 324 valence electrons. The number of carbonyl (C=O) groups is 4. The molecule has 0 N–H and O–H groups in total. The third-order valence-corrected chi connectivity index (χ3v) is 12.9. The Morgan fingerprint density at radius 2 is 0.379 bits per heavy atom. The van der Waals surface area contributed by atoms with E-state index in [9.17, 15) is 19.2 Å². The van der Waals surface area contributed by atoms with Crippen LogP contribution in [0.25, 0.3) is 11.1 Å². The zero-order valence-electron chi connectivity index (χ0n) is 34.3. The minimum absolute atomic E-state index is 0.347. The minimum Gasteiger partial charge on any atom is -0.423 e. The zero-order valence-corrected chi connectivity index (χ0v) is 42.9. The van der Waals surface area contributed by atoms with Gasteiger partial charge in [0.2, 0.25) is 0 Å². The van der Waals surface area contributed by atoms with Crippen LogP contribution in [0.15, 0.2) is 194 Å². The molecule has 8 aromatic rings. The van der Waals surface area contributed by atoms with Crippen LogP contribution in [-0.4, -0.2) is 23.9 Å². The maximum atomic E-state index is 13.1. The predicted molar refractivity (Wildman–Crippen MR) is 287 cm³/mol. The van der Waals surface area contributed by atoms with Gasteiger partial charge in [-0.2, -0.15) is 0 Å². The highest BCUT2D eigenvalue weighted by molar-refractivity contribution is 14.1. The third kappa shape index (κ3) is 12.0. The minimum atomic E-state index is -0.489. The van der Waals surface area contributed by atoms with Gasteiger partial charge in [-0.05, 0) is 269 Å². The van der Waals surface area contributed by atoms with Crippen LogP contribution in [0.3, 0.4) is 0 Å². The lowest BCUT2D eigenvalue weighted by molar-refractivity contribution is 0.0725. The molecule has 0 heterocycles. The molecule has 0 aliphatic heterocycles. The van der Waals surface area contributed by atoms with Crippen molar-refractivity contribution in [2.45, 2.75) is 0 Å². The van der Waals surface area contributed by atoms with E-state index in [2.05, 4.69) is 90.4 Å². The van der Waals surface area contributed by atoms with Crippen molar-refractivity contribution in [2.75, 3.05) is 0 Å². The number of hydrogen-bond acceptors (Lipinski definition) is 8. The van der Waals surface area contributed by atoms with Crippen LogP contribution in [0, 0.1) is 14.3 Å². The molecule has 8 aromatic carbocycles. The molecular weight excluding hydrogens is 1280 g/mol. The molecule has 0 amide bonds. The van der Waals surface area contributed by atoms with Crippen molar-refractivity contribution in [1.29, 1.82) is 0 Å². The second kappa shape index (κ2) is 21.7. The van der Waals surface area contributed by atoms with Gasteiger partial charge in [0, 0.05) is 14.3 Å². The number of carbonyl (C=O) groups excluding carboxylic acids is 4. The summed E-state index contributed by atoms with van der Waals surface area (Å²) in [5.74, 6) is -0.569. The van der Waals surface area contributed by atoms with E-state index >= 15 is 0 Å². The lowest BCUT2D eigenvalue weighted by Crippen LogP contribution is -2.09. The van der Waals surface area contributed by atoms with Crippen molar-refractivity contribution in [1.82, 2.24) is 0 Å². The van der Waals surface area contributed by atoms with Crippen LogP contribution in [0.1, 0.15) is 63.7 Å². The fraction of sp³-hybridized carbons (Fsp3) is 0. The van der Waals surface area contributed by atoms with Gasteiger partial charge in [0.15, 0.2) is 0 Å². The van der Waals surface area contributed by atoms with Crippen LogP contribution in [0.4, 0.5) is 0 Å². The second-order valence-electron chi connectivity index (χ2n) is 14.4. The van der Waals surface area contributed by atoms with Gasteiger partial charge in [0.25, 0.3) is 0 Å². The molecule has 0 bridgehead atoms. The Balaban J connectivity index is 1.20. The van der Waals surface area contributed by atoms with Gasteiger partial charge in [-0.1, -0.05) is 48.5 Å². The second-order valence-corrected chi connectivity index (χ2v) is 19.4. The largest absolute Gasteiger partial charge is 0.423 e. The standard InChI is InChI=1S/C54H32I4O8/c55-41-17-1-37(2-18-41)51(59)63-45-25-9-33(10-26-45)49(34-11-27-46(28-12-34)64-52(60)38-3-19-42(56)20-4-38)50(35-13-29-47(30-14-35)65-53(61)39-5-21-43(57)22-6-39)36-15-31-48(32-16-36)66-54(62)40-7-23-44(58)24-8-40/h1-32H. The summed E-state index contributed by atoms with van der Waals surface area (Å²) in [6, 6.07) is 57.3. The SMILES string of the molecule is O=C(Oc1ccc(C(=C(c2ccc(OC(=O)c3ccc(I)cc3)cc2)c2ccc(OC(=O)c3ccc(I)cc3)cc2)c2ccc(OC(=O)c3ccc(I)cc3)cc2)cc1)c1ccc(I)cc1. The van der Waals surface area contributed by atoms with Gasteiger partial charge in [-0.25, -0.2) is 19.2 Å². The Kier molecular flexibility index (Phi) is 15.4. The molecule has 0 atom stereocenters. The molecular formula is C54H32I4O8. The summed E-state index contributed by atoms with van der Waals surface area (Å²) in [5, 5.41) is 0. The van der Waals surface area contributed by atoms with Crippen LogP contribution in [0.5, 0.6) is 23.0 Å². The van der Waals surface area contributed by atoms with Crippen LogP contribution >= 0.6 is 90.4 Å². The quantitative estimate of drug-likeness (QED) is 0.0516. The van der Waals surface area contributed by atoms with Gasteiger partial charge in [0.05, 0.1) is 22.3 Å². The van der Waals surface area contributed by atoms with Gasteiger partial charge in [-0.15, -0.1) is 0 Å². The highest BCUT2D eigenvalue weighted by Gasteiger charge is 2.20. The number of benzene rings is 8. The summed E-state index contributed by atoms with van der Waals surface area (Å²) in [5.41, 5.74) is 6.23. The topological polar surface area (TPSA) is 105 Å². The Hall–Kier alpha value is -5.70. The van der Waals surface area contributed by atoms with E-state index in [0.29, 0.717) is 45.3 Å². The molecule has 0 aromatic heterocycles. The van der Waals surface area contributed by atoms with Crippen molar-refractivity contribution < 1.29 is 38.1 Å². The summed E-state index contributed by atoms with van der Waals surface area (Å²) in [7, 11) is 0. The number of ether oxygens (including phenoxy) is 4. The number of halogens is 4. The molecule has 0 spiro atoms. The first kappa shape index (κ1) is 46.8. The Morgan fingerprint density at radius 3 is 0.545 bits per heavy atom. The summed E-state index contributed by atoms with van der Waals surface area (Å²) >= 11 is 8.72. The van der Waals surface area contributed by atoms with E-state index in [1.165, 1.54) is 0 Å². The summed E-state index contributed by atoms with van der Waals surface area (Å²) in [6.07, 6.45) is 0. The first-order valence-electron chi connectivity index (χ1n) is 20.0. The summed E-state index contributed by atoms with van der Waals surface area (Å²) in [4.78, 5) is 52.4. The van der Waals surface area contributed by atoms with Crippen molar-refractivity contribution >= 4 is 125 Å². The molecule has 0 saturated carbocycles. The van der Waals surface area contributed by atoms with E-state index < -0.39 is 23.9 Å². The molecule has 0 radical (unpaired) electrons. The normalized spacial score (nSPS) is 10.7. The molecule has 66 heavy (non-hydrogen) atoms. The Morgan fingerprint density at radius 1 is 0.227 bits per heavy atom. The molecule has 0 aliphatic rings. The zero-order chi connectivity index (χ0) is 46.2. The monoisotopic (exact) mass is 1320 g/mol. The molecule has 0 fully saturated rings. The van der Waals surface area contributed by atoms with E-state index in [1.54, 1.807) is 97.1 Å². The third-order valence-electron chi connectivity index (χ3n) is 9.98. The highest BCUT2D eigenvalue weighted by atomic mass is 127. The van der Waals surface area contributed by atoms with Gasteiger partial charge in [-0.3, -0.25) is 0 Å².